The van der Waals surface area contributed by atoms with Crippen LogP contribution in [0.1, 0.15) is 25.8 Å². The van der Waals surface area contributed by atoms with Gasteiger partial charge in [0.15, 0.2) is 0 Å². The van der Waals surface area contributed by atoms with Crippen molar-refractivity contribution < 1.29 is 5.11 Å². The molecule has 0 saturated heterocycles. The van der Waals surface area contributed by atoms with Crippen molar-refractivity contribution in [2.45, 2.75) is 27.2 Å². The maximum absolute atomic E-state index is 7.57. The number of benzene rings is 1. The number of nitrogens with one attached hydrogen (secondary N) is 1. The monoisotopic (exact) mass is 195 g/mol. The maximum Gasteiger partial charge on any atom is 0.0402 e. The molecule has 0 unspecified atom stereocenters. The van der Waals surface area contributed by atoms with Crippen molar-refractivity contribution in [3.8, 4) is 0 Å². The van der Waals surface area contributed by atoms with Gasteiger partial charge in [-0.2, -0.15) is 0 Å². The molecule has 1 aromatic carbocycles. The molecule has 80 valence electrons. The summed E-state index contributed by atoms with van der Waals surface area (Å²) in [4.78, 5) is 0. The van der Waals surface area contributed by atoms with E-state index >= 15 is 0 Å². The average Bonchev–Trinajstić information content (AvgIpc) is 2.18. The number of anilines is 1. The molecule has 2 nitrogen and oxygen atoms in total. The molecule has 0 aliphatic carbocycles. The summed E-state index contributed by atoms with van der Waals surface area (Å²) in [6.07, 6.45) is 1.17. The van der Waals surface area contributed by atoms with Crippen LogP contribution in [0, 0.1) is 6.92 Å². The van der Waals surface area contributed by atoms with Gasteiger partial charge in [0, 0.05) is 18.8 Å². The zero-order valence-electron chi connectivity index (χ0n) is 9.38. The maximum atomic E-state index is 7.57. The average molecular weight is 195 g/mol. The van der Waals surface area contributed by atoms with Crippen LogP contribution in [0.3, 0.4) is 0 Å². The van der Waals surface area contributed by atoms with Crippen LogP contribution in [-0.4, -0.2) is 18.3 Å². The summed E-state index contributed by atoms with van der Waals surface area (Å²) in [7, 11) is 0. The molecule has 0 aliphatic rings. The van der Waals surface area contributed by atoms with Crippen LogP contribution in [0.5, 0.6) is 0 Å². The first-order valence-electron chi connectivity index (χ1n) is 5.16. The first-order valence-corrected chi connectivity index (χ1v) is 5.16. The van der Waals surface area contributed by atoms with E-state index in [0.29, 0.717) is 0 Å². The van der Waals surface area contributed by atoms with Crippen LogP contribution in [0.4, 0.5) is 5.69 Å². The first kappa shape index (κ1) is 13.0. The van der Waals surface area contributed by atoms with Crippen molar-refractivity contribution in [3.63, 3.8) is 0 Å². The molecule has 0 aliphatic heterocycles. The van der Waals surface area contributed by atoms with Crippen LogP contribution in [0.2, 0.25) is 0 Å². The Morgan fingerprint density at radius 3 is 2.29 bits per heavy atom. The summed E-state index contributed by atoms with van der Waals surface area (Å²) in [5, 5.41) is 10.9. The highest BCUT2D eigenvalue weighted by molar-refractivity contribution is 5.49. The Balaban J connectivity index is 0.000000500. The van der Waals surface area contributed by atoms with Crippen molar-refractivity contribution in [1.29, 1.82) is 0 Å². The fraction of sp³-hybridized carbons (Fsp3) is 0.500. The van der Waals surface area contributed by atoms with E-state index in [0.717, 1.165) is 6.54 Å². The molecule has 0 heterocycles. The topological polar surface area (TPSA) is 32.3 Å². The van der Waals surface area contributed by atoms with Gasteiger partial charge in [-0.3, -0.25) is 0 Å². The Kier molecular flexibility index (Phi) is 7.95. The molecule has 0 radical (unpaired) electrons. The predicted octanol–water partition coefficient (Wildman–Crippen LogP) is 2.82. The van der Waals surface area contributed by atoms with Crippen LogP contribution in [-0.2, 0) is 0 Å². The SMILES string of the molecule is CCCNc1ccccc1C.CCO. The molecule has 14 heavy (non-hydrogen) atoms. The van der Waals surface area contributed by atoms with Gasteiger partial charge in [0.2, 0.25) is 0 Å². The van der Waals surface area contributed by atoms with Gasteiger partial charge < -0.3 is 10.4 Å². The Hall–Kier alpha value is -1.02. The Morgan fingerprint density at radius 1 is 1.21 bits per heavy atom. The second kappa shape index (κ2) is 8.57. The third kappa shape index (κ3) is 5.60. The lowest BCUT2D eigenvalue weighted by Crippen LogP contribution is -2.00. The van der Waals surface area contributed by atoms with Gasteiger partial charge in [-0.15, -0.1) is 0 Å². The lowest BCUT2D eigenvalue weighted by atomic mass is 10.2. The van der Waals surface area contributed by atoms with Crippen LogP contribution >= 0.6 is 0 Å². The quantitative estimate of drug-likeness (QED) is 0.777. The summed E-state index contributed by atoms with van der Waals surface area (Å²) in [6, 6.07) is 8.36. The van der Waals surface area contributed by atoms with Crippen LogP contribution in [0.15, 0.2) is 24.3 Å². The number of aliphatic hydroxyl groups is 1. The van der Waals surface area contributed by atoms with Crippen molar-refractivity contribution in [2.24, 2.45) is 0 Å². The zero-order valence-corrected chi connectivity index (χ0v) is 9.38. The summed E-state index contributed by atoms with van der Waals surface area (Å²) < 4.78 is 0. The lowest BCUT2D eigenvalue weighted by molar-refractivity contribution is 0.318. The van der Waals surface area contributed by atoms with E-state index in [-0.39, 0.29) is 6.61 Å². The zero-order chi connectivity index (χ0) is 10.8. The van der Waals surface area contributed by atoms with E-state index in [9.17, 15) is 0 Å². The Morgan fingerprint density at radius 2 is 1.79 bits per heavy atom. The fourth-order valence-electron chi connectivity index (χ4n) is 1.03. The predicted molar refractivity (Wildman–Crippen MR) is 62.7 cm³/mol. The molecule has 1 rings (SSSR count). The largest absolute Gasteiger partial charge is 0.397 e. The number of para-hydroxylation sites is 1. The number of hydrogen-bond acceptors (Lipinski definition) is 2. The summed E-state index contributed by atoms with van der Waals surface area (Å²) >= 11 is 0. The fourth-order valence-corrected chi connectivity index (χ4v) is 1.03. The van der Waals surface area contributed by atoms with E-state index in [2.05, 4.69) is 43.4 Å². The second-order valence-electron chi connectivity index (χ2n) is 3.06. The van der Waals surface area contributed by atoms with E-state index in [4.69, 9.17) is 5.11 Å². The van der Waals surface area contributed by atoms with Gasteiger partial charge in [0.1, 0.15) is 0 Å². The lowest BCUT2D eigenvalue weighted by Gasteiger charge is -2.06. The molecule has 0 amide bonds. The standard InChI is InChI=1S/C10H15N.C2H6O/c1-3-8-11-10-7-5-4-6-9(10)2;1-2-3/h4-7,11H,3,8H2,1-2H3;3H,2H2,1H3. The van der Waals surface area contributed by atoms with Gasteiger partial charge >= 0.3 is 0 Å². The van der Waals surface area contributed by atoms with Gasteiger partial charge in [0.25, 0.3) is 0 Å². The summed E-state index contributed by atoms with van der Waals surface area (Å²) in [5.74, 6) is 0. The van der Waals surface area contributed by atoms with Crippen molar-refractivity contribution in [1.82, 2.24) is 0 Å². The second-order valence-corrected chi connectivity index (χ2v) is 3.06. The van der Waals surface area contributed by atoms with Gasteiger partial charge in [-0.05, 0) is 31.9 Å². The van der Waals surface area contributed by atoms with E-state index in [1.165, 1.54) is 17.7 Å². The molecular formula is C12H21NO. The highest BCUT2D eigenvalue weighted by atomic mass is 16.2. The van der Waals surface area contributed by atoms with Crippen LogP contribution < -0.4 is 5.32 Å². The highest BCUT2D eigenvalue weighted by Gasteiger charge is 1.92. The molecule has 2 heteroatoms. The number of aryl methyl sites for hydroxylation is 1. The van der Waals surface area contributed by atoms with Gasteiger partial charge in [-0.25, -0.2) is 0 Å². The molecule has 0 saturated carbocycles. The number of aliphatic hydroxyl groups excluding tert-OH is 1. The van der Waals surface area contributed by atoms with E-state index in [1.54, 1.807) is 6.92 Å². The van der Waals surface area contributed by atoms with Gasteiger partial charge in [0.05, 0.1) is 0 Å². The van der Waals surface area contributed by atoms with Gasteiger partial charge in [-0.1, -0.05) is 25.1 Å². The molecule has 0 fully saturated rings. The first-order chi connectivity index (χ1) is 6.76. The van der Waals surface area contributed by atoms with E-state index in [1.807, 2.05) is 0 Å². The molecule has 2 N–H and O–H groups in total. The number of rotatable bonds is 3. The van der Waals surface area contributed by atoms with Crippen molar-refractivity contribution in [3.05, 3.63) is 29.8 Å². The molecule has 1 aromatic rings. The van der Waals surface area contributed by atoms with Crippen LogP contribution in [0.25, 0.3) is 0 Å². The molecule has 0 aromatic heterocycles. The van der Waals surface area contributed by atoms with E-state index < -0.39 is 0 Å². The summed E-state index contributed by atoms with van der Waals surface area (Å²) in [6.45, 7) is 7.29. The minimum absolute atomic E-state index is 0.250. The van der Waals surface area contributed by atoms with Crippen molar-refractivity contribution >= 4 is 5.69 Å². The molecule has 0 spiro atoms. The Labute approximate surface area is 87.0 Å². The molecular weight excluding hydrogens is 174 g/mol. The third-order valence-corrected chi connectivity index (χ3v) is 1.71. The minimum atomic E-state index is 0.250. The highest BCUT2D eigenvalue weighted by Crippen LogP contribution is 2.12. The normalized spacial score (nSPS) is 8.86. The third-order valence-electron chi connectivity index (χ3n) is 1.71. The smallest absolute Gasteiger partial charge is 0.0402 e. The Bertz CT molecular complexity index is 236. The minimum Gasteiger partial charge on any atom is -0.397 e. The summed E-state index contributed by atoms with van der Waals surface area (Å²) in [5.41, 5.74) is 2.58. The molecule has 0 bridgehead atoms. The number of hydrogen-bond donors (Lipinski definition) is 2. The van der Waals surface area contributed by atoms with Crippen molar-refractivity contribution in [2.75, 3.05) is 18.5 Å². The molecule has 0 atom stereocenters.